The van der Waals surface area contributed by atoms with Crippen molar-refractivity contribution in [2.45, 2.75) is 25.9 Å². The molecule has 1 atom stereocenters. The monoisotopic (exact) mass is 248 g/mol. The van der Waals surface area contributed by atoms with Crippen LogP contribution in [0.25, 0.3) is 0 Å². The van der Waals surface area contributed by atoms with E-state index in [1.165, 1.54) is 12.3 Å². The van der Waals surface area contributed by atoms with Gasteiger partial charge in [0.1, 0.15) is 5.82 Å². The molecule has 1 N–H and O–H groups in total. The molecule has 96 valence electrons. The fourth-order valence-electron chi connectivity index (χ4n) is 1.87. The third-order valence-corrected chi connectivity index (χ3v) is 2.91. The summed E-state index contributed by atoms with van der Waals surface area (Å²) < 4.78 is 14.7. The minimum absolute atomic E-state index is 0.0695. The summed E-state index contributed by atoms with van der Waals surface area (Å²) in [7, 11) is 1.87. The maximum absolute atomic E-state index is 12.8. The van der Waals surface area contributed by atoms with Gasteiger partial charge in [-0.1, -0.05) is 0 Å². The van der Waals surface area contributed by atoms with Crippen molar-refractivity contribution in [2.24, 2.45) is 0 Å². The number of halogens is 1. The van der Waals surface area contributed by atoms with Gasteiger partial charge in [-0.15, -0.1) is 0 Å². The van der Waals surface area contributed by atoms with Crippen LogP contribution in [0.2, 0.25) is 0 Å². The first-order valence-electron chi connectivity index (χ1n) is 6.03. The average molecular weight is 248 g/mol. The molecule has 0 radical (unpaired) electrons. The highest BCUT2D eigenvalue weighted by Gasteiger charge is 2.12. The number of nitrogens with one attached hydrogen (secondary N) is 1. The summed E-state index contributed by atoms with van der Waals surface area (Å²) in [5.74, 6) is -0.313. The number of likely N-dealkylation sites (N-methyl/N-ethyl adjacent to an activating group) is 1. The van der Waals surface area contributed by atoms with Crippen LogP contribution in [-0.4, -0.2) is 21.8 Å². The first kappa shape index (κ1) is 12.7. The van der Waals surface area contributed by atoms with Gasteiger partial charge in [-0.3, -0.25) is 9.67 Å². The predicted octanol–water partition coefficient (Wildman–Crippen LogP) is 1.94. The lowest BCUT2D eigenvalue weighted by Gasteiger charge is -2.14. The molecule has 0 fully saturated rings. The Labute approximate surface area is 106 Å². The molecular formula is C13H17FN4. The molecular weight excluding hydrogens is 231 g/mol. The van der Waals surface area contributed by atoms with Crippen molar-refractivity contribution < 1.29 is 4.39 Å². The molecule has 0 amide bonds. The standard InChI is InChI=1S/C13H17FN4/c1-3-18-9-10(7-17-18)6-13(15-2)12-5-4-11(14)8-16-12/h4-5,7-9,13,15H,3,6H2,1-2H3. The van der Waals surface area contributed by atoms with E-state index in [9.17, 15) is 4.39 Å². The van der Waals surface area contributed by atoms with E-state index in [2.05, 4.69) is 15.4 Å². The van der Waals surface area contributed by atoms with Crippen LogP contribution < -0.4 is 5.32 Å². The van der Waals surface area contributed by atoms with Gasteiger partial charge in [0.25, 0.3) is 0 Å². The van der Waals surface area contributed by atoms with E-state index >= 15 is 0 Å². The zero-order chi connectivity index (χ0) is 13.0. The highest BCUT2D eigenvalue weighted by atomic mass is 19.1. The summed E-state index contributed by atoms with van der Waals surface area (Å²) >= 11 is 0. The van der Waals surface area contributed by atoms with Crippen LogP contribution >= 0.6 is 0 Å². The van der Waals surface area contributed by atoms with Gasteiger partial charge in [0, 0.05) is 12.7 Å². The van der Waals surface area contributed by atoms with E-state index in [0.29, 0.717) is 0 Å². The normalized spacial score (nSPS) is 12.6. The summed E-state index contributed by atoms with van der Waals surface area (Å²) in [5, 5.41) is 7.43. The molecule has 0 aliphatic carbocycles. The summed E-state index contributed by atoms with van der Waals surface area (Å²) in [6, 6.07) is 3.21. The number of nitrogens with zero attached hydrogens (tertiary/aromatic N) is 3. The fourth-order valence-corrected chi connectivity index (χ4v) is 1.87. The third kappa shape index (κ3) is 2.92. The van der Waals surface area contributed by atoms with Gasteiger partial charge in [-0.2, -0.15) is 5.10 Å². The van der Waals surface area contributed by atoms with Crippen molar-refractivity contribution >= 4 is 0 Å². The van der Waals surface area contributed by atoms with Crippen LogP contribution in [0.3, 0.4) is 0 Å². The molecule has 2 aromatic rings. The minimum Gasteiger partial charge on any atom is -0.311 e. The molecule has 2 heterocycles. The summed E-state index contributed by atoms with van der Waals surface area (Å²) in [4.78, 5) is 4.11. The molecule has 2 aromatic heterocycles. The van der Waals surface area contributed by atoms with Crippen LogP contribution in [0.1, 0.15) is 24.2 Å². The Hall–Kier alpha value is -1.75. The number of aryl methyl sites for hydroxylation is 1. The summed E-state index contributed by atoms with van der Waals surface area (Å²) in [5.41, 5.74) is 1.98. The topological polar surface area (TPSA) is 42.7 Å². The Bertz CT molecular complexity index is 492. The minimum atomic E-state index is -0.313. The molecule has 0 aliphatic heterocycles. The largest absolute Gasteiger partial charge is 0.311 e. The van der Waals surface area contributed by atoms with Crippen molar-refractivity contribution in [3.05, 3.63) is 47.8 Å². The molecule has 0 spiro atoms. The smallest absolute Gasteiger partial charge is 0.141 e. The quantitative estimate of drug-likeness (QED) is 0.879. The molecule has 0 saturated carbocycles. The van der Waals surface area contributed by atoms with E-state index in [0.717, 1.165) is 24.2 Å². The van der Waals surface area contributed by atoms with Crippen molar-refractivity contribution in [2.75, 3.05) is 7.05 Å². The number of rotatable bonds is 5. The maximum atomic E-state index is 12.8. The molecule has 0 aromatic carbocycles. The van der Waals surface area contributed by atoms with Crippen LogP contribution in [-0.2, 0) is 13.0 Å². The van der Waals surface area contributed by atoms with Crippen molar-refractivity contribution in [1.29, 1.82) is 0 Å². The molecule has 18 heavy (non-hydrogen) atoms. The number of hydrogen-bond donors (Lipinski definition) is 1. The Morgan fingerprint density at radius 2 is 2.22 bits per heavy atom. The number of hydrogen-bond acceptors (Lipinski definition) is 3. The zero-order valence-corrected chi connectivity index (χ0v) is 10.6. The average Bonchev–Trinajstić information content (AvgIpc) is 2.85. The van der Waals surface area contributed by atoms with Crippen molar-refractivity contribution in [3.8, 4) is 0 Å². The number of aromatic nitrogens is 3. The zero-order valence-electron chi connectivity index (χ0n) is 10.6. The first-order valence-corrected chi connectivity index (χ1v) is 6.03. The Kier molecular flexibility index (Phi) is 4.04. The molecule has 2 rings (SSSR count). The van der Waals surface area contributed by atoms with Gasteiger partial charge in [0.2, 0.25) is 0 Å². The van der Waals surface area contributed by atoms with E-state index in [4.69, 9.17) is 0 Å². The summed E-state index contributed by atoms with van der Waals surface area (Å²) in [6.45, 7) is 2.91. The molecule has 0 aliphatic rings. The third-order valence-electron chi connectivity index (χ3n) is 2.91. The van der Waals surface area contributed by atoms with E-state index < -0.39 is 0 Å². The first-order chi connectivity index (χ1) is 8.72. The van der Waals surface area contributed by atoms with Crippen LogP contribution in [0.5, 0.6) is 0 Å². The van der Waals surface area contributed by atoms with Crippen LogP contribution in [0, 0.1) is 5.82 Å². The predicted molar refractivity (Wildman–Crippen MR) is 67.6 cm³/mol. The van der Waals surface area contributed by atoms with Gasteiger partial charge < -0.3 is 5.32 Å². The van der Waals surface area contributed by atoms with Gasteiger partial charge in [-0.25, -0.2) is 4.39 Å². The second-order valence-electron chi connectivity index (χ2n) is 4.15. The lowest BCUT2D eigenvalue weighted by Crippen LogP contribution is -2.19. The highest BCUT2D eigenvalue weighted by Crippen LogP contribution is 2.16. The van der Waals surface area contributed by atoms with E-state index in [1.807, 2.05) is 31.0 Å². The lowest BCUT2D eigenvalue weighted by molar-refractivity contribution is 0.565. The molecule has 0 bridgehead atoms. The van der Waals surface area contributed by atoms with Crippen LogP contribution in [0.4, 0.5) is 4.39 Å². The van der Waals surface area contributed by atoms with Gasteiger partial charge in [0.05, 0.1) is 24.1 Å². The lowest BCUT2D eigenvalue weighted by atomic mass is 10.1. The molecule has 5 heteroatoms. The SMILES string of the molecule is CCn1cc(CC(NC)c2ccc(F)cn2)cn1. The molecule has 4 nitrogen and oxygen atoms in total. The Morgan fingerprint density at radius 3 is 2.78 bits per heavy atom. The van der Waals surface area contributed by atoms with Crippen LogP contribution in [0.15, 0.2) is 30.7 Å². The van der Waals surface area contributed by atoms with Gasteiger partial charge >= 0.3 is 0 Å². The molecule has 0 saturated heterocycles. The summed E-state index contributed by atoms with van der Waals surface area (Å²) in [6.07, 6.45) is 5.91. The van der Waals surface area contributed by atoms with Gasteiger partial charge in [0.15, 0.2) is 0 Å². The second-order valence-corrected chi connectivity index (χ2v) is 4.15. The van der Waals surface area contributed by atoms with Crippen molar-refractivity contribution in [3.63, 3.8) is 0 Å². The molecule has 1 unspecified atom stereocenters. The van der Waals surface area contributed by atoms with E-state index in [1.54, 1.807) is 6.07 Å². The highest BCUT2D eigenvalue weighted by molar-refractivity contribution is 5.15. The fraction of sp³-hybridized carbons (Fsp3) is 0.385. The second kappa shape index (κ2) is 5.73. The Morgan fingerprint density at radius 1 is 1.39 bits per heavy atom. The Balaban J connectivity index is 2.11. The maximum Gasteiger partial charge on any atom is 0.141 e. The number of pyridine rings is 1. The van der Waals surface area contributed by atoms with Crippen molar-refractivity contribution in [1.82, 2.24) is 20.1 Å². The van der Waals surface area contributed by atoms with Gasteiger partial charge in [-0.05, 0) is 38.1 Å². The van der Waals surface area contributed by atoms with E-state index in [-0.39, 0.29) is 11.9 Å².